The van der Waals surface area contributed by atoms with Crippen molar-refractivity contribution in [1.82, 2.24) is 4.98 Å². The molecular formula is C10H15N3O2. The molecule has 0 aliphatic carbocycles. The molecule has 1 aromatic heterocycles. The van der Waals surface area contributed by atoms with Gasteiger partial charge < -0.3 is 5.73 Å². The van der Waals surface area contributed by atoms with E-state index < -0.39 is 4.92 Å². The molecule has 0 aliphatic heterocycles. The molecule has 1 aromatic rings. The third kappa shape index (κ3) is 2.50. The Labute approximate surface area is 88.5 Å². The highest BCUT2D eigenvalue weighted by atomic mass is 16.6. The first kappa shape index (κ1) is 11.6. The number of nitrogens with zero attached hydrogens (tertiary/aromatic N) is 2. The topological polar surface area (TPSA) is 82.0 Å². The minimum absolute atomic E-state index is 0.0554. The Balaban J connectivity index is 3.22. The average molecular weight is 209 g/mol. The standard InChI is InChI=1S/C10H15N3O2/c1-6-4-9(13(14)15)10(12-5-6)7(2)8(3)11/h4-5,7-8H,11H2,1-3H3. The van der Waals surface area contributed by atoms with Gasteiger partial charge in [0.15, 0.2) is 0 Å². The maximum atomic E-state index is 10.8. The van der Waals surface area contributed by atoms with Crippen molar-refractivity contribution < 1.29 is 4.92 Å². The van der Waals surface area contributed by atoms with Crippen LogP contribution in [-0.2, 0) is 0 Å². The molecule has 0 fully saturated rings. The van der Waals surface area contributed by atoms with E-state index in [0.29, 0.717) is 5.69 Å². The van der Waals surface area contributed by atoms with Crippen LogP contribution in [0.2, 0.25) is 0 Å². The van der Waals surface area contributed by atoms with Crippen molar-refractivity contribution in [1.29, 1.82) is 0 Å². The summed E-state index contributed by atoms with van der Waals surface area (Å²) in [5.74, 6) is -0.119. The van der Waals surface area contributed by atoms with E-state index in [4.69, 9.17) is 5.73 Å². The molecule has 82 valence electrons. The lowest BCUT2D eigenvalue weighted by Crippen LogP contribution is -2.24. The molecule has 0 bridgehead atoms. The van der Waals surface area contributed by atoms with Gasteiger partial charge in [0, 0.05) is 24.2 Å². The smallest absolute Gasteiger partial charge is 0.291 e. The van der Waals surface area contributed by atoms with Crippen molar-refractivity contribution in [2.75, 3.05) is 0 Å². The summed E-state index contributed by atoms with van der Waals surface area (Å²) < 4.78 is 0. The summed E-state index contributed by atoms with van der Waals surface area (Å²) in [6.07, 6.45) is 1.63. The number of nitro groups is 1. The van der Waals surface area contributed by atoms with Crippen LogP contribution in [0.5, 0.6) is 0 Å². The Morgan fingerprint density at radius 1 is 1.53 bits per heavy atom. The number of pyridine rings is 1. The van der Waals surface area contributed by atoms with E-state index in [1.165, 1.54) is 6.07 Å². The molecule has 2 N–H and O–H groups in total. The first-order chi connectivity index (χ1) is 6.93. The zero-order valence-corrected chi connectivity index (χ0v) is 9.10. The number of hydrogen-bond donors (Lipinski definition) is 1. The number of hydrogen-bond acceptors (Lipinski definition) is 4. The molecule has 0 amide bonds. The van der Waals surface area contributed by atoms with Crippen molar-refractivity contribution in [2.24, 2.45) is 5.73 Å². The van der Waals surface area contributed by atoms with Crippen LogP contribution in [0, 0.1) is 17.0 Å². The fraction of sp³-hybridized carbons (Fsp3) is 0.500. The molecule has 5 heteroatoms. The second-order valence-electron chi connectivity index (χ2n) is 3.82. The first-order valence-corrected chi connectivity index (χ1v) is 4.80. The molecule has 5 nitrogen and oxygen atoms in total. The Bertz CT molecular complexity index is 377. The van der Waals surface area contributed by atoms with Crippen molar-refractivity contribution in [3.8, 4) is 0 Å². The van der Waals surface area contributed by atoms with Crippen LogP contribution in [0.15, 0.2) is 12.3 Å². The molecule has 0 saturated heterocycles. The van der Waals surface area contributed by atoms with Gasteiger partial charge in [0.05, 0.1) is 4.92 Å². The van der Waals surface area contributed by atoms with E-state index in [-0.39, 0.29) is 17.6 Å². The molecule has 0 saturated carbocycles. The largest absolute Gasteiger partial charge is 0.327 e. The number of nitrogens with two attached hydrogens (primary N) is 1. The van der Waals surface area contributed by atoms with Gasteiger partial charge in [-0.05, 0) is 19.4 Å². The molecule has 15 heavy (non-hydrogen) atoms. The summed E-state index contributed by atoms with van der Waals surface area (Å²) in [5.41, 5.74) is 7.01. The summed E-state index contributed by atoms with van der Waals surface area (Å²) >= 11 is 0. The van der Waals surface area contributed by atoms with Gasteiger partial charge in [0.1, 0.15) is 5.69 Å². The second-order valence-corrected chi connectivity index (χ2v) is 3.82. The van der Waals surface area contributed by atoms with Crippen LogP contribution >= 0.6 is 0 Å². The summed E-state index contributed by atoms with van der Waals surface area (Å²) in [7, 11) is 0. The normalized spacial score (nSPS) is 14.7. The highest BCUT2D eigenvalue weighted by Gasteiger charge is 2.22. The lowest BCUT2D eigenvalue weighted by atomic mass is 9.98. The number of aryl methyl sites for hydroxylation is 1. The molecule has 1 heterocycles. The minimum Gasteiger partial charge on any atom is -0.327 e. The van der Waals surface area contributed by atoms with E-state index >= 15 is 0 Å². The zero-order chi connectivity index (χ0) is 11.6. The predicted molar refractivity (Wildman–Crippen MR) is 57.7 cm³/mol. The SMILES string of the molecule is Cc1cnc(C(C)C(C)N)c([N+](=O)[O-])c1. The minimum atomic E-state index is -0.409. The third-order valence-electron chi connectivity index (χ3n) is 2.45. The first-order valence-electron chi connectivity index (χ1n) is 4.80. The predicted octanol–water partition coefficient (Wildman–Crippen LogP) is 1.75. The molecule has 0 spiro atoms. The van der Waals surface area contributed by atoms with E-state index in [0.717, 1.165) is 5.56 Å². The molecule has 0 aliphatic rings. The fourth-order valence-corrected chi connectivity index (χ4v) is 1.31. The van der Waals surface area contributed by atoms with Crippen LogP contribution < -0.4 is 5.73 Å². The van der Waals surface area contributed by atoms with Crippen LogP contribution in [0.25, 0.3) is 0 Å². The van der Waals surface area contributed by atoms with Gasteiger partial charge in [-0.3, -0.25) is 15.1 Å². The Morgan fingerprint density at radius 2 is 2.13 bits per heavy atom. The van der Waals surface area contributed by atoms with Gasteiger partial charge >= 0.3 is 0 Å². The Morgan fingerprint density at radius 3 is 2.60 bits per heavy atom. The van der Waals surface area contributed by atoms with Gasteiger partial charge in [-0.1, -0.05) is 6.92 Å². The molecular weight excluding hydrogens is 194 g/mol. The van der Waals surface area contributed by atoms with Crippen LogP contribution in [0.1, 0.15) is 31.0 Å². The maximum Gasteiger partial charge on any atom is 0.291 e. The highest BCUT2D eigenvalue weighted by molar-refractivity contribution is 5.40. The summed E-state index contributed by atoms with van der Waals surface area (Å²) in [4.78, 5) is 14.5. The third-order valence-corrected chi connectivity index (χ3v) is 2.45. The molecule has 2 unspecified atom stereocenters. The van der Waals surface area contributed by atoms with Gasteiger partial charge in [0.2, 0.25) is 0 Å². The molecule has 0 aromatic carbocycles. The monoisotopic (exact) mass is 209 g/mol. The maximum absolute atomic E-state index is 10.8. The number of aromatic nitrogens is 1. The van der Waals surface area contributed by atoms with E-state index in [2.05, 4.69) is 4.98 Å². The van der Waals surface area contributed by atoms with E-state index in [1.54, 1.807) is 13.1 Å². The molecule has 1 rings (SSSR count). The highest BCUT2D eigenvalue weighted by Crippen LogP contribution is 2.26. The number of rotatable bonds is 3. The Hall–Kier alpha value is -1.49. The van der Waals surface area contributed by atoms with E-state index in [1.807, 2.05) is 13.8 Å². The summed E-state index contributed by atoms with van der Waals surface area (Å²) in [5, 5.41) is 10.8. The van der Waals surface area contributed by atoms with Crippen LogP contribution in [-0.4, -0.2) is 15.9 Å². The lowest BCUT2D eigenvalue weighted by molar-refractivity contribution is -0.386. The van der Waals surface area contributed by atoms with Crippen LogP contribution in [0.4, 0.5) is 5.69 Å². The average Bonchev–Trinajstić information content (AvgIpc) is 2.16. The van der Waals surface area contributed by atoms with Gasteiger partial charge in [0.25, 0.3) is 5.69 Å². The van der Waals surface area contributed by atoms with E-state index in [9.17, 15) is 10.1 Å². The van der Waals surface area contributed by atoms with Gasteiger partial charge in [-0.25, -0.2) is 0 Å². The van der Waals surface area contributed by atoms with Crippen molar-refractivity contribution in [3.05, 3.63) is 33.6 Å². The zero-order valence-electron chi connectivity index (χ0n) is 9.10. The van der Waals surface area contributed by atoms with Crippen molar-refractivity contribution in [2.45, 2.75) is 32.7 Å². The second kappa shape index (κ2) is 4.35. The Kier molecular flexibility index (Phi) is 3.36. The fourth-order valence-electron chi connectivity index (χ4n) is 1.31. The summed E-state index contributed by atoms with van der Waals surface area (Å²) in [6.45, 7) is 5.44. The van der Waals surface area contributed by atoms with Crippen molar-refractivity contribution >= 4 is 5.69 Å². The molecule has 0 radical (unpaired) electrons. The van der Waals surface area contributed by atoms with Gasteiger partial charge in [-0.15, -0.1) is 0 Å². The van der Waals surface area contributed by atoms with Crippen molar-refractivity contribution in [3.63, 3.8) is 0 Å². The van der Waals surface area contributed by atoms with Crippen LogP contribution in [0.3, 0.4) is 0 Å². The quantitative estimate of drug-likeness (QED) is 0.607. The summed E-state index contributed by atoms with van der Waals surface area (Å²) in [6, 6.07) is 1.38. The van der Waals surface area contributed by atoms with Gasteiger partial charge in [-0.2, -0.15) is 0 Å². The lowest BCUT2D eigenvalue weighted by Gasteiger charge is -2.14. The molecule has 2 atom stereocenters.